The fourth-order valence-corrected chi connectivity index (χ4v) is 1.67. The van der Waals surface area contributed by atoms with Crippen LogP contribution in [0.2, 0.25) is 5.02 Å². The molecule has 1 rings (SSSR count). The molecule has 9 nitrogen and oxygen atoms in total. The Morgan fingerprint density at radius 3 is 2.38 bits per heavy atom. The number of halogens is 1. The lowest BCUT2D eigenvalue weighted by atomic mass is 10.1. The Balaban J connectivity index is 2.95. The van der Waals surface area contributed by atoms with Gasteiger partial charge in [-0.1, -0.05) is 11.6 Å². The second-order valence-corrected chi connectivity index (χ2v) is 4.29. The highest BCUT2D eigenvalue weighted by molar-refractivity contribution is 6.34. The van der Waals surface area contributed by atoms with E-state index in [1.807, 2.05) is 5.32 Å². The maximum Gasteiger partial charge on any atom is 0.326 e. The van der Waals surface area contributed by atoms with E-state index in [2.05, 4.69) is 0 Å². The number of hydrogen-bond acceptors (Lipinski definition) is 5. The normalized spacial score (nSPS) is 11.5. The number of amides is 1. The van der Waals surface area contributed by atoms with Crippen molar-refractivity contribution in [3.05, 3.63) is 38.9 Å². The van der Waals surface area contributed by atoms with E-state index in [0.29, 0.717) is 0 Å². The van der Waals surface area contributed by atoms with Crippen LogP contribution in [0.15, 0.2) is 18.2 Å². The number of carboxylic acids is 2. The fraction of sp³-hybridized carbons (Fsp3) is 0.182. The number of rotatable bonds is 6. The van der Waals surface area contributed by atoms with Gasteiger partial charge in [0.05, 0.1) is 21.9 Å². The molecule has 3 N–H and O–H groups in total. The summed E-state index contributed by atoms with van der Waals surface area (Å²) in [5.74, 6) is -3.87. The Labute approximate surface area is 122 Å². The van der Waals surface area contributed by atoms with Crippen LogP contribution in [0, 0.1) is 10.1 Å². The highest BCUT2D eigenvalue weighted by Crippen LogP contribution is 2.22. The molecule has 10 heteroatoms. The molecular formula is C11H9ClN2O7. The van der Waals surface area contributed by atoms with E-state index in [1.165, 1.54) is 0 Å². The summed E-state index contributed by atoms with van der Waals surface area (Å²) < 4.78 is 0. The van der Waals surface area contributed by atoms with Crippen molar-refractivity contribution < 1.29 is 29.5 Å². The average molecular weight is 317 g/mol. The molecule has 0 aromatic heterocycles. The molecule has 1 aromatic carbocycles. The van der Waals surface area contributed by atoms with Crippen LogP contribution in [0.3, 0.4) is 0 Å². The van der Waals surface area contributed by atoms with Gasteiger partial charge in [-0.05, 0) is 6.07 Å². The zero-order valence-corrected chi connectivity index (χ0v) is 11.0. The van der Waals surface area contributed by atoms with E-state index < -0.39 is 35.2 Å². The summed E-state index contributed by atoms with van der Waals surface area (Å²) in [5.41, 5.74) is -0.532. The van der Waals surface area contributed by atoms with Crippen molar-refractivity contribution >= 4 is 35.1 Å². The lowest BCUT2D eigenvalue weighted by Crippen LogP contribution is -2.42. The topological polar surface area (TPSA) is 147 Å². The van der Waals surface area contributed by atoms with Gasteiger partial charge in [0.1, 0.15) is 6.04 Å². The second-order valence-electron chi connectivity index (χ2n) is 3.88. The minimum Gasteiger partial charge on any atom is -0.481 e. The summed E-state index contributed by atoms with van der Waals surface area (Å²) >= 11 is 5.71. The summed E-state index contributed by atoms with van der Waals surface area (Å²) in [7, 11) is 0. The van der Waals surface area contributed by atoms with Gasteiger partial charge >= 0.3 is 11.9 Å². The van der Waals surface area contributed by atoms with Crippen LogP contribution in [0.25, 0.3) is 0 Å². The maximum atomic E-state index is 11.8. The predicted octanol–water partition coefficient (Wildman–Crippen LogP) is 0.906. The molecular weight excluding hydrogens is 308 g/mol. The van der Waals surface area contributed by atoms with E-state index in [9.17, 15) is 24.5 Å². The zero-order valence-electron chi connectivity index (χ0n) is 10.3. The molecule has 0 saturated heterocycles. The minimum absolute atomic E-state index is 0.195. The molecule has 1 atom stereocenters. The average Bonchev–Trinajstić information content (AvgIpc) is 2.36. The first kappa shape index (κ1) is 16.4. The van der Waals surface area contributed by atoms with Crippen molar-refractivity contribution in [2.75, 3.05) is 0 Å². The van der Waals surface area contributed by atoms with Gasteiger partial charge in [-0.2, -0.15) is 0 Å². The molecule has 0 bridgehead atoms. The minimum atomic E-state index is -1.64. The molecule has 112 valence electrons. The molecule has 21 heavy (non-hydrogen) atoms. The molecule has 0 spiro atoms. The summed E-state index contributed by atoms with van der Waals surface area (Å²) in [5, 5.41) is 29.6. The smallest absolute Gasteiger partial charge is 0.326 e. The van der Waals surface area contributed by atoms with Gasteiger partial charge in [0.25, 0.3) is 11.6 Å². The van der Waals surface area contributed by atoms with E-state index >= 15 is 0 Å². The van der Waals surface area contributed by atoms with Gasteiger partial charge in [-0.3, -0.25) is 19.7 Å². The van der Waals surface area contributed by atoms with Crippen LogP contribution in [0.5, 0.6) is 0 Å². The standard InChI is InChI=1S/C11H9ClN2O7/c12-7-3-5(14(20)21)1-2-6(7)10(17)13-8(11(18)19)4-9(15)16/h1-3,8H,4H2,(H,13,17)(H,15,16)(H,18,19)/t8-/m1/s1. The van der Waals surface area contributed by atoms with E-state index in [-0.39, 0.29) is 16.3 Å². The Morgan fingerprint density at radius 2 is 1.95 bits per heavy atom. The first-order valence-corrected chi connectivity index (χ1v) is 5.79. The van der Waals surface area contributed by atoms with Gasteiger partial charge in [-0.15, -0.1) is 0 Å². The van der Waals surface area contributed by atoms with Crippen molar-refractivity contribution in [1.82, 2.24) is 5.32 Å². The predicted molar refractivity (Wildman–Crippen MR) is 69.2 cm³/mol. The fourth-order valence-electron chi connectivity index (χ4n) is 1.41. The Morgan fingerprint density at radius 1 is 1.33 bits per heavy atom. The van der Waals surface area contributed by atoms with Crippen LogP contribution in [-0.2, 0) is 9.59 Å². The quantitative estimate of drug-likeness (QED) is 0.521. The Hall–Kier alpha value is -2.68. The van der Waals surface area contributed by atoms with Crippen LogP contribution in [0.4, 0.5) is 5.69 Å². The third kappa shape index (κ3) is 4.42. The molecule has 0 saturated carbocycles. The number of carbonyl (C=O) groups excluding carboxylic acids is 1. The second kappa shape index (κ2) is 6.66. The number of nitro groups is 1. The summed E-state index contributed by atoms with van der Waals surface area (Å²) in [6.07, 6.45) is -0.814. The van der Waals surface area contributed by atoms with Crippen molar-refractivity contribution in [3.63, 3.8) is 0 Å². The number of carbonyl (C=O) groups is 3. The first-order chi connectivity index (χ1) is 9.72. The molecule has 0 aliphatic rings. The summed E-state index contributed by atoms with van der Waals surface area (Å²) in [6, 6.07) is 1.37. The number of carboxylic acid groups (broad SMARTS) is 2. The van der Waals surface area contributed by atoms with Gasteiger partial charge in [0, 0.05) is 12.1 Å². The molecule has 1 amide bonds. The Bertz CT molecular complexity index is 617. The highest BCUT2D eigenvalue weighted by Gasteiger charge is 2.25. The number of aliphatic carboxylic acids is 2. The highest BCUT2D eigenvalue weighted by atomic mass is 35.5. The number of hydrogen-bond donors (Lipinski definition) is 3. The van der Waals surface area contributed by atoms with Crippen molar-refractivity contribution in [1.29, 1.82) is 0 Å². The third-order valence-corrected chi connectivity index (χ3v) is 2.70. The molecule has 1 aromatic rings. The van der Waals surface area contributed by atoms with Crippen LogP contribution in [0.1, 0.15) is 16.8 Å². The lowest BCUT2D eigenvalue weighted by Gasteiger charge is -2.12. The maximum absolute atomic E-state index is 11.8. The lowest BCUT2D eigenvalue weighted by molar-refractivity contribution is -0.384. The van der Waals surface area contributed by atoms with Crippen molar-refractivity contribution in [3.8, 4) is 0 Å². The third-order valence-electron chi connectivity index (χ3n) is 2.39. The van der Waals surface area contributed by atoms with Crippen LogP contribution < -0.4 is 5.32 Å². The SMILES string of the molecule is O=C(O)C[C@@H](NC(=O)c1ccc([N+](=O)[O-])cc1Cl)C(=O)O. The van der Waals surface area contributed by atoms with Crippen LogP contribution in [-0.4, -0.2) is 39.0 Å². The first-order valence-electron chi connectivity index (χ1n) is 5.41. The molecule has 0 heterocycles. The number of nitrogens with one attached hydrogen (secondary N) is 1. The van der Waals surface area contributed by atoms with Crippen LogP contribution >= 0.6 is 11.6 Å². The summed E-state index contributed by atoms with van der Waals surface area (Å²) in [6.45, 7) is 0. The molecule has 0 radical (unpaired) electrons. The molecule has 0 aliphatic heterocycles. The van der Waals surface area contributed by atoms with Gasteiger partial charge in [-0.25, -0.2) is 4.79 Å². The number of nitro benzene ring substituents is 1. The Kier molecular flexibility index (Phi) is 5.19. The van der Waals surface area contributed by atoms with Crippen molar-refractivity contribution in [2.45, 2.75) is 12.5 Å². The molecule has 0 unspecified atom stereocenters. The van der Waals surface area contributed by atoms with Gasteiger partial charge < -0.3 is 15.5 Å². The number of nitrogens with zero attached hydrogens (tertiary/aromatic N) is 1. The van der Waals surface area contributed by atoms with E-state index in [4.69, 9.17) is 21.8 Å². The molecule has 0 aliphatic carbocycles. The van der Waals surface area contributed by atoms with Crippen molar-refractivity contribution in [2.24, 2.45) is 0 Å². The van der Waals surface area contributed by atoms with E-state index in [1.54, 1.807) is 0 Å². The number of non-ortho nitro benzene ring substituents is 1. The molecule has 0 fully saturated rings. The van der Waals surface area contributed by atoms with E-state index in [0.717, 1.165) is 18.2 Å². The summed E-state index contributed by atoms with van der Waals surface area (Å²) in [4.78, 5) is 43.0. The monoisotopic (exact) mass is 316 g/mol. The van der Waals surface area contributed by atoms with Gasteiger partial charge in [0.2, 0.25) is 0 Å². The zero-order chi connectivity index (χ0) is 16.2. The number of benzene rings is 1. The largest absolute Gasteiger partial charge is 0.481 e. The van der Waals surface area contributed by atoms with Gasteiger partial charge in [0.15, 0.2) is 0 Å².